The van der Waals surface area contributed by atoms with Crippen molar-refractivity contribution in [2.75, 3.05) is 13.2 Å². The van der Waals surface area contributed by atoms with E-state index in [4.69, 9.17) is 4.74 Å². The number of fused-ring (bicyclic) bond motifs is 3. The number of aliphatic carboxylic acids is 1. The molecular formula is C28H34N2O5. The summed E-state index contributed by atoms with van der Waals surface area (Å²) < 4.78 is 5.61. The molecule has 2 aromatic carbocycles. The number of carboxylic acids is 1. The van der Waals surface area contributed by atoms with Crippen molar-refractivity contribution in [1.82, 2.24) is 10.6 Å². The number of nitrogens with one attached hydrogen (secondary N) is 2. The standard InChI is InChI=1S/C28H34N2O5/c1-17(2)25(26(31)29-15-18-8-7-9-19(14-18)27(32)33)30-28(34)35-16-24-22-12-5-3-10-20(22)21-11-4-6-13-23(21)24/h3-6,10-13,17-19,24-25H,7-9,14-16H2,1-2H3,(H,29,31)(H,30,34)(H,32,33)/t18?,19?,25-/m0/s1. The Balaban J connectivity index is 1.32. The Morgan fingerprint density at radius 1 is 1.00 bits per heavy atom. The van der Waals surface area contributed by atoms with Crippen LogP contribution in [0.15, 0.2) is 48.5 Å². The lowest BCUT2D eigenvalue weighted by molar-refractivity contribution is -0.143. The monoisotopic (exact) mass is 478 g/mol. The van der Waals surface area contributed by atoms with E-state index in [1.807, 2.05) is 38.1 Å². The molecule has 7 nitrogen and oxygen atoms in total. The van der Waals surface area contributed by atoms with Crippen LogP contribution >= 0.6 is 0 Å². The zero-order valence-electron chi connectivity index (χ0n) is 20.3. The minimum absolute atomic E-state index is 0.0482. The molecule has 2 aliphatic rings. The van der Waals surface area contributed by atoms with E-state index in [9.17, 15) is 19.5 Å². The second-order valence-corrected chi connectivity index (χ2v) is 10.0. The van der Waals surface area contributed by atoms with Gasteiger partial charge in [-0.05, 0) is 53.4 Å². The molecule has 0 aromatic heterocycles. The maximum absolute atomic E-state index is 12.9. The average molecular weight is 479 g/mol. The molecule has 3 atom stereocenters. The first-order chi connectivity index (χ1) is 16.8. The topological polar surface area (TPSA) is 105 Å². The fourth-order valence-electron chi connectivity index (χ4n) is 5.36. The summed E-state index contributed by atoms with van der Waals surface area (Å²) in [6.07, 6.45) is 2.39. The van der Waals surface area contributed by atoms with Crippen molar-refractivity contribution >= 4 is 18.0 Å². The predicted molar refractivity (Wildman–Crippen MR) is 133 cm³/mol. The highest BCUT2D eigenvalue weighted by atomic mass is 16.5. The largest absolute Gasteiger partial charge is 0.481 e. The average Bonchev–Trinajstić information content (AvgIpc) is 3.18. The van der Waals surface area contributed by atoms with Crippen LogP contribution in [0.25, 0.3) is 11.1 Å². The van der Waals surface area contributed by atoms with Crippen LogP contribution in [0.4, 0.5) is 4.79 Å². The summed E-state index contributed by atoms with van der Waals surface area (Å²) in [7, 11) is 0. The number of benzene rings is 2. The van der Waals surface area contributed by atoms with Crippen molar-refractivity contribution in [2.24, 2.45) is 17.8 Å². The summed E-state index contributed by atoms with van der Waals surface area (Å²) in [5, 5.41) is 14.9. The van der Waals surface area contributed by atoms with Gasteiger partial charge < -0.3 is 20.5 Å². The number of hydrogen-bond acceptors (Lipinski definition) is 4. The van der Waals surface area contributed by atoms with E-state index in [2.05, 4.69) is 34.9 Å². The van der Waals surface area contributed by atoms with E-state index in [0.717, 1.165) is 35.1 Å². The minimum atomic E-state index is -0.766. The first-order valence-electron chi connectivity index (χ1n) is 12.5. The molecule has 186 valence electrons. The normalized spacial score (nSPS) is 20.0. The van der Waals surface area contributed by atoms with Crippen molar-refractivity contribution < 1.29 is 24.2 Å². The summed E-state index contributed by atoms with van der Waals surface area (Å²) in [5.74, 6) is -1.42. The predicted octanol–water partition coefficient (Wildman–Crippen LogP) is 4.56. The molecule has 0 aliphatic heterocycles. The van der Waals surface area contributed by atoms with Gasteiger partial charge in [0.2, 0.25) is 5.91 Å². The van der Waals surface area contributed by atoms with Crippen LogP contribution in [-0.4, -0.2) is 42.3 Å². The van der Waals surface area contributed by atoms with Crippen LogP contribution in [0, 0.1) is 17.8 Å². The van der Waals surface area contributed by atoms with Crippen LogP contribution in [0.2, 0.25) is 0 Å². The molecule has 1 fully saturated rings. The Morgan fingerprint density at radius 3 is 2.23 bits per heavy atom. The van der Waals surface area contributed by atoms with Gasteiger partial charge in [-0.1, -0.05) is 68.8 Å². The molecule has 2 aliphatic carbocycles. The van der Waals surface area contributed by atoms with E-state index >= 15 is 0 Å². The van der Waals surface area contributed by atoms with E-state index in [-0.39, 0.29) is 36.2 Å². The molecule has 2 aromatic rings. The third-order valence-electron chi connectivity index (χ3n) is 7.26. The molecule has 2 amide bonds. The smallest absolute Gasteiger partial charge is 0.407 e. The van der Waals surface area contributed by atoms with Crippen LogP contribution in [0.5, 0.6) is 0 Å². The highest BCUT2D eigenvalue weighted by Crippen LogP contribution is 2.44. The zero-order valence-corrected chi connectivity index (χ0v) is 20.3. The lowest BCUT2D eigenvalue weighted by atomic mass is 9.81. The Morgan fingerprint density at radius 2 is 1.63 bits per heavy atom. The van der Waals surface area contributed by atoms with Gasteiger partial charge in [-0.15, -0.1) is 0 Å². The van der Waals surface area contributed by atoms with E-state index in [1.54, 1.807) is 0 Å². The molecule has 0 spiro atoms. The summed E-state index contributed by atoms with van der Waals surface area (Å²) in [6.45, 7) is 4.34. The zero-order chi connectivity index (χ0) is 24.9. The van der Waals surface area contributed by atoms with Crippen LogP contribution in [-0.2, 0) is 14.3 Å². The van der Waals surface area contributed by atoms with Crippen LogP contribution in [0.1, 0.15) is 56.6 Å². The van der Waals surface area contributed by atoms with Gasteiger partial charge in [0.15, 0.2) is 0 Å². The Kier molecular flexibility index (Phi) is 7.73. The fraction of sp³-hybridized carbons (Fsp3) is 0.464. The molecule has 0 heterocycles. The van der Waals surface area contributed by atoms with E-state index in [1.165, 1.54) is 0 Å². The highest BCUT2D eigenvalue weighted by Gasteiger charge is 2.31. The number of ether oxygens (including phenoxy) is 1. The van der Waals surface area contributed by atoms with Crippen molar-refractivity contribution in [2.45, 2.75) is 51.5 Å². The van der Waals surface area contributed by atoms with Crippen molar-refractivity contribution in [3.63, 3.8) is 0 Å². The third kappa shape index (κ3) is 5.66. The molecule has 7 heteroatoms. The number of carbonyl (C=O) groups excluding carboxylic acids is 2. The Bertz CT molecular complexity index is 1040. The maximum atomic E-state index is 12.9. The molecule has 1 saturated carbocycles. The molecule has 35 heavy (non-hydrogen) atoms. The van der Waals surface area contributed by atoms with Gasteiger partial charge in [0.05, 0.1) is 5.92 Å². The van der Waals surface area contributed by atoms with Gasteiger partial charge in [-0.25, -0.2) is 4.79 Å². The van der Waals surface area contributed by atoms with Crippen LogP contribution in [0.3, 0.4) is 0 Å². The lowest BCUT2D eigenvalue weighted by Crippen LogP contribution is -2.51. The maximum Gasteiger partial charge on any atom is 0.407 e. The first kappa shape index (κ1) is 24.8. The molecular weight excluding hydrogens is 444 g/mol. The summed E-state index contributed by atoms with van der Waals surface area (Å²) >= 11 is 0. The Hall–Kier alpha value is -3.35. The number of rotatable bonds is 8. The number of carbonyl (C=O) groups is 3. The molecule has 0 bridgehead atoms. The van der Waals surface area contributed by atoms with Gasteiger partial charge in [-0.2, -0.15) is 0 Å². The molecule has 4 rings (SSSR count). The van der Waals surface area contributed by atoms with Crippen molar-refractivity contribution in [3.8, 4) is 11.1 Å². The molecule has 3 N–H and O–H groups in total. The fourth-order valence-corrected chi connectivity index (χ4v) is 5.36. The van der Waals surface area contributed by atoms with Crippen molar-refractivity contribution in [3.05, 3.63) is 59.7 Å². The molecule has 0 saturated heterocycles. The SMILES string of the molecule is CC(C)[C@H](NC(=O)OCC1c2ccccc2-c2ccccc21)C(=O)NCC1CCCC(C(=O)O)C1. The van der Waals surface area contributed by atoms with Gasteiger partial charge >= 0.3 is 12.1 Å². The number of alkyl carbamates (subject to hydrolysis) is 1. The minimum Gasteiger partial charge on any atom is -0.481 e. The van der Waals surface area contributed by atoms with E-state index in [0.29, 0.717) is 19.4 Å². The summed E-state index contributed by atoms with van der Waals surface area (Å²) in [6, 6.07) is 15.5. The summed E-state index contributed by atoms with van der Waals surface area (Å²) in [5.41, 5.74) is 4.58. The first-order valence-corrected chi connectivity index (χ1v) is 12.5. The third-order valence-corrected chi connectivity index (χ3v) is 7.26. The Labute approximate surface area is 206 Å². The highest BCUT2D eigenvalue weighted by molar-refractivity contribution is 5.86. The number of amides is 2. The van der Waals surface area contributed by atoms with Crippen molar-refractivity contribution in [1.29, 1.82) is 0 Å². The van der Waals surface area contributed by atoms with Gasteiger partial charge in [0.25, 0.3) is 0 Å². The molecule has 0 radical (unpaired) electrons. The lowest BCUT2D eigenvalue weighted by Gasteiger charge is -2.28. The van der Waals surface area contributed by atoms with Gasteiger partial charge in [0.1, 0.15) is 12.6 Å². The van der Waals surface area contributed by atoms with E-state index < -0.39 is 18.1 Å². The van der Waals surface area contributed by atoms with Gasteiger partial charge in [0, 0.05) is 12.5 Å². The number of carboxylic acid groups (broad SMARTS) is 1. The second-order valence-electron chi connectivity index (χ2n) is 10.0. The number of hydrogen-bond donors (Lipinski definition) is 3. The quantitative estimate of drug-likeness (QED) is 0.516. The second kappa shape index (κ2) is 10.9. The van der Waals surface area contributed by atoms with Crippen LogP contribution < -0.4 is 10.6 Å². The van der Waals surface area contributed by atoms with Gasteiger partial charge in [-0.3, -0.25) is 9.59 Å². The molecule has 2 unspecified atom stereocenters. The summed E-state index contributed by atoms with van der Waals surface area (Å²) in [4.78, 5) is 36.9.